The first-order valence-electron chi connectivity index (χ1n) is 9.45. The summed E-state index contributed by atoms with van der Waals surface area (Å²) >= 11 is 0. The molecule has 1 aliphatic heterocycles. The quantitative estimate of drug-likeness (QED) is 0.246. The third-order valence-electron chi connectivity index (χ3n) is 4.78. The van der Waals surface area contributed by atoms with Gasteiger partial charge < -0.3 is 30.6 Å². The van der Waals surface area contributed by atoms with Gasteiger partial charge in [-0.05, 0) is 12.5 Å². The highest BCUT2D eigenvalue weighted by Gasteiger charge is 2.44. The molecule has 0 spiro atoms. The number of anilines is 1. The molecule has 3 heterocycles. The maximum absolute atomic E-state index is 10.2. The van der Waals surface area contributed by atoms with Crippen molar-refractivity contribution in [3.63, 3.8) is 0 Å². The van der Waals surface area contributed by atoms with E-state index in [0.717, 1.165) is 11.1 Å². The summed E-state index contributed by atoms with van der Waals surface area (Å²) in [6.45, 7) is 1.89. The Hall–Kier alpha value is -2.66. The molecule has 0 unspecified atom stereocenters. The van der Waals surface area contributed by atoms with E-state index in [1.165, 1.54) is 22.0 Å². The van der Waals surface area contributed by atoms with Crippen LogP contribution in [0.1, 0.15) is 17.4 Å². The number of imidazole rings is 1. The summed E-state index contributed by atoms with van der Waals surface area (Å²) in [6.07, 6.45) is -1.44. The second-order valence-electron chi connectivity index (χ2n) is 7.15. The Morgan fingerprint density at radius 1 is 1.21 bits per heavy atom. The van der Waals surface area contributed by atoms with E-state index in [1.807, 2.05) is 31.2 Å². The summed E-state index contributed by atoms with van der Waals surface area (Å²) in [5.41, 5.74) is 9.02. The monoisotopic (exact) mass is 487 g/mol. The topological polar surface area (TPSA) is 232 Å². The van der Waals surface area contributed by atoms with Crippen molar-refractivity contribution in [1.82, 2.24) is 14.5 Å². The highest BCUT2D eigenvalue weighted by atomic mass is 35.7. The van der Waals surface area contributed by atoms with Crippen molar-refractivity contribution in [3.8, 4) is 0 Å². The summed E-state index contributed by atoms with van der Waals surface area (Å²) in [5.74, 6) is 0.239. The molecule has 15 heteroatoms. The van der Waals surface area contributed by atoms with Crippen LogP contribution in [0.25, 0.3) is 11.2 Å². The lowest BCUT2D eigenvalue weighted by Crippen LogP contribution is -2.68. The zero-order valence-corrected chi connectivity index (χ0v) is 18.0. The molecule has 4 atom stereocenters. The average molecular weight is 488 g/mol. The first-order chi connectivity index (χ1) is 15.5. The number of ether oxygens (including phenoxy) is 1. The molecule has 3 aromatic rings. The molecule has 5 N–H and O–H groups in total. The van der Waals surface area contributed by atoms with Crippen LogP contribution in [0.3, 0.4) is 0 Å². The number of rotatable bonds is 5. The van der Waals surface area contributed by atoms with E-state index in [9.17, 15) is 15.3 Å². The molecule has 0 bridgehead atoms. The Kier molecular flexibility index (Phi) is 7.63. The van der Waals surface area contributed by atoms with Crippen molar-refractivity contribution in [1.29, 1.82) is 0 Å². The van der Waals surface area contributed by atoms with Gasteiger partial charge in [-0.1, -0.05) is 39.5 Å². The van der Waals surface area contributed by atoms with Gasteiger partial charge in [0.1, 0.15) is 24.6 Å². The van der Waals surface area contributed by atoms with Gasteiger partial charge in [0.25, 0.3) is 12.1 Å². The second-order valence-corrected chi connectivity index (χ2v) is 7.90. The number of halogens is 1. The zero-order chi connectivity index (χ0) is 24.3. The molecule has 0 radical (unpaired) electrons. The third kappa shape index (κ3) is 6.02. The fraction of sp³-hybridized carbons (Fsp3) is 0.389. The van der Waals surface area contributed by atoms with Gasteiger partial charge >= 0.3 is 0 Å². The smallest absolute Gasteiger partial charge is 0.289 e. The van der Waals surface area contributed by atoms with Crippen LogP contribution < -0.4 is 33.9 Å². The van der Waals surface area contributed by atoms with E-state index in [4.69, 9.17) is 33.9 Å². The van der Waals surface area contributed by atoms with E-state index in [1.54, 1.807) is 0 Å². The molecule has 0 amide bonds. The minimum atomic E-state index is -4.94. The van der Waals surface area contributed by atoms with Crippen molar-refractivity contribution in [3.05, 3.63) is 48.0 Å². The molecule has 0 saturated carbocycles. The number of aliphatic hydroxyl groups is 3. The highest BCUT2D eigenvalue weighted by molar-refractivity contribution is 5.79. The van der Waals surface area contributed by atoms with Gasteiger partial charge in [0.15, 0.2) is 12.8 Å². The Labute approximate surface area is 189 Å². The number of aryl methyl sites for hydroxylation is 1. The SMILES string of the molecule is Cc1cccc(CO[n+]2cnc3c(ncn3[C@@H]3O[C@H](CO)[C@@H](O)[C@H]3O)c2N)c1.[O-][Cl+3]([O-])([O-])[O-]. The van der Waals surface area contributed by atoms with Gasteiger partial charge in [-0.2, -0.15) is 0 Å². The van der Waals surface area contributed by atoms with Gasteiger partial charge in [0.2, 0.25) is 11.2 Å². The van der Waals surface area contributed by atoms with Crippen LogP contribution in [-0.2, 0) is 11.3 Å². The van der Waals surface area contributed by atoms with Crippen LogP contribution in [0.4, 0.5) is 5.82 Å². The molecular weight excluding hydrogens is 466 g/mol. The summed E-state index contributed by atoms with van der Waals surface area (Å²) in [5, 5.41) is 29.4. The average Bonchev–Trinajstić information content (AvgIpc) is 3.28. The van der Waals surface area contributed by atoms with Crippen molar-refractivity contribution in [2.75, 3.05) is 12.3 Å². The van der Waals surface area contributed by atoms with Crippen molar-refractivity contribution >= 4 is 17.0 Å². The molecule has 33 heavy (non-hydrogen) atoms. The van der Waals surface area contributed by atoms with Crippen molar-refractivity contribution < 1.29 is 58.5 Å². The largest absolute Gasteiger partial charge is 0.394 e. The van der Waals surface area contributed by atoms with Crippen LogP contribution in [0.5, 0.6) is 0 Å². The number of fused-ring (bicyclic) bond motifs is 1. The number of nitrogens with two attached hydrogens (primary N) is 1. The van der Waals surface area contributed by atoms with Gasteiger partial charge in [-0.15, -0.1) is 10.2 Å². The van der Waals surface area contributed by atoms with E-state index in [2.05, 4.69) is 9.97 Å². The van der Waals surface area contributed by atoms with Crippen LogP contribution >= 0.6 is 0 Å². The lowest BCUT2D eigenvalue weighted by atomic mass is 10.1. The van der Waals surface area contributed by atoms with E-state index < -0.39 is 41.4 Å². The Bertz CT molecular complexity index is 1090. The Morgan fingerprint density at radius 3 is 2.52 bits per heavy atom. The first-order valence-corrected chi connectivity index (χ1v) is 10.7. The van der Waals surface area contributed by atoms with Crippen LogP contribution in [0.15, 0.2) is 36.9 Å². The van der Waals surface area contributed by atoms with Crippen molar-refractivity contribution in [2.45, 2.75) is 38.1 Å². The van der Waals surface area contributed by atoms with Gasteiger partial charge in [-0.3, -0.25) is 4.57 Å². The molecule has 2 aromatic heterocycles. The predicted molar refractivity (Wildman–Crippen MR) is 96.6 cm³/mol. The molecule has 14 nitrogen and oxygen atoms in total. The second kappa shape index (κ2) is 10.1. The standard InChI is InChI=1S/C18H21N5O5.ClHO4/c1-10-3-2-4-11(5-10)7-27-23-9-21-17-13(16(23)19)20-8-22(17)18-15(26)14(25)12(6-24)28-18;2-1(3,4)5/h2-5,8-9,12,14-15,18-19,24-26H,6-7H2,1H3;(H,2,3,4,5)/t12-,14-,15-,18-;/m1./s1. The molecule has 1 fully saturated rings. The van der Waals surface area contributed by atoms with E-state index in [-0.39, 0.29) is 5.82 Å². The Morgan fingerprint density at radius 2 is 1.91 bits per heavy atom. The third-order valence-corrected chi connectivity index (χ3v) is 4.78. The maximum atomic E-state index is 10.2. The number of nitrogens with zero attached hydrogens (tertiary/aromatic N) is 4. The molecule has 180 valence electrons. The summed E-state index contributed by atoms with van der Waals surface area (Å²) in [4.78, 5) is 14.3. The molecular formula is C18H22ClN5O9. The molecule has 4 rings (SSSR count). The number of aliphatic hydroxyl groups excluding tert-OH is 3. The fourth-order valence-corrected chi connectivity index (χ4v) is 3.28. The molecule has 1 saturated heterocycles. The zero-order valence-electron chi connectivity index (χ0n) is 17.2. The predicted octanol–water partition coefficient (Wildman–Crippen LogP) is -5.91. The highest BCUT2D eigenvalue weighted by Crippen LogP contribution is 2.31. The fourth-order valence-electron chi connectivity index (χ4n) is 3.28. The normalized spacial score (nSPS) is 22.8. The first kappa shape index (κ1) is 25.0. The molecule has 1 aliphatic rings. The van der Waals surface area contributed by atoms with Gasteiger partial charge in [0.05, 0.1) is 6.61 Å². The Balaban J connectivity index is 0.000000555. The summed E-state index contributed by atoms with van der Waals surface area (Å²) < 4.78 is 42.3. The number of aromatic nitrogens is 4. The minimum absolute atomic E-state index is 0.239. The maximum Gasteiger partial charge on any atom is 0.289 e. The van der Waals surface area contributed by atoms with Crippen LogP contribution in [0.2, 0.25) is 0 Å². The van der Waals surface area contributed by atoms with Gasteiger partial charge in [0, 0.05) is 0 Å². The summed E-state index contributed by atoms with van der Waals surface area (Å²) in [7, 11) is -4.94. The molecule has 0 aliphatic carbocycles. The van der Waals surface area contributed by atoms with Crippen LogP contribution in [0, 0.1) is 17.2 Å². The van der Waals surface area contributed by atoms with Crippen molar-refractivity contribution in [2.24, 2.45) is 0 Å². The lowest BCUT2D eigenvalue weighted by Gasteiger charge is -2.17. The lowest BCUT2D eigenvalue weighted by molar-refractivity contribution is -2.00. The number of benzene rings is 1. The van der Waals surface area contributed by atoms with E-state index >= 15 is 0 Å². The minimum Gasteiger partial charge on any atom is -0.394 e. The number of nitrogen functional groups attached to an aromatic ring is 1. The number of hydrogen-bond donors (Lipinski definition) is 4. The van der Waals surface area contributed by atoms with Gasteiger partial charge in [-0.25, -0.2) is 23.6 Å². The number of hydrogen-bond acceptors (Lipinski definition) is 12. The van der Waals surface area contributed by atoms with E-state index in [0.29, 0.717) is 17.8 Å². The summed E-state index contributed by atoms with van der Waals surface area (Å²) in [6, 6.07) is 7.92. The molecule has 1 aromatic carbocycles. The van der Waals surface area contributed by atoms with Crippen LogP contribution in [-0.4, -0.2) is 54.8 Å².